The minimum atomic E-state index is -0.483. The number of carbonyl (C=O) groups excluding carboxylic acids is 1. The molecule has 1 aliphatic carbocycles. The number of aliphatic imine (C=N–C) groups is 1. The second-order valence-electron chi connectivity index (χ2n) is 10.4. The SMILES string of the molecule is CC(C)N(C(=O)OC(C)(C)C)C1CCC(c2c[nH]c3cc(N=C(N)c4cccs4)ccc23)CC1. The van der Waals surface area contributed by atoms with Crippen molar-refractivity contribution < 1.29 is 9.53 Å². The van der Waals surface area contributed by atoms with Crippen LogP contribution in [0.1, 0.15) is 76.7 Å². The van der Waals surface area contributed by atoms with Gasteiger partial charge >= 0.3 is 6.09 Å². The van der Waals surface area contributed by atoms with Gasteiger partial charge in [0.15, 0.2) is 0 Å². The molecule has 1 amide bonds. The number of nitrogens with two attached hydrogens (primary N) is 1. The van der Waals surface area contributed by atoms with Crippen molar-refractivity contribution in [1.29, 1.82) is 0 Å². The summed E-state index contributed by atoms with van der Waals surface area (Å²) in [6, 6.07) is 10.5. The zero-order chi connectivity index (χ0) is 24.5. The summed E-state index contributed by atoms with van der Waals surface area (Å²) in [7, 11) is 0. The van der Waals surface area contributed by atoms with E-state index in [4.69, 9.17) is 10.5 Å². The molecule has 0 aliphatic heterocycles. The number of carbonyl (C=O) groups is 1. The number of rotatable bonds is 5. The molecule has 7 heteroatoms. The van der Waals surface area contributed by atoms with Crippen LogP contribution in [0.4, 0.5) is 10.5 Å². The molecule has 34 heavy (non-hydrogen) atoms. The lowest BCUT2D eigenvalue weighted by Crippen LogP contribution is -2.48. The third kappa shape index (κ3) is 5.46. The lowest BCUT2D eigenvalue weighted by molar-refractivity contribution is 0.00344. The van der Waals surface area contributed by atoms with E-state index in [0.29, 0.717) is 11.8 Å². The first-order chi connectivity index (χ1) is 16.1. The van der Waals surface area contributed by atoms with Gasteiger partial charge in [0.1, 0.15) is 11.4 Å². The number of thiophene rings is 1. The van der Waals surface area contributed by atoms with Crippen LogP contribution < -0.4 is 5.73 Å². The molecule has 3 N–H and O–H groups in total. The van der Waals surface area contributed by atoms with E-state index >= 15 is 0 Å². The number of ether oxygens (including phenoxy) is 1. The van der Waals surface area contributed by atoms with Crippen molar-refractivity contribution in [3.8, 4) is 0 Å². The average molecular weight is 481 g/mol. The Morgan fingerprint density at radius 2 is 1.94 bits per heavy atom. The number of H-pyrrole nitrogens is 1. The average Bonchev–Trinajstić information content (AvgIpc) is 3.43. The normalized spacial score (nSPS) is 19.5. The quantitative estimate of drug-likeness (QED) is 0.306. The molecule has 2 heterocycles. The molecule has 6 nitrogen and oxygen atoms in total. The van der Waals surface area contributed by atoms with Crippen molar-refractivity contribution in [2.45, 2.75) is 83.9 Å². The van der Waals surface area contributed by atoms with Gasteiger partial charge in [-0.15, -0.1) is 11.3 Å². The summed E-state index contributed by atoms with van der Waals surface area (Å²) in [6.07, 6.45) is 6.00. The highest BCUT2D eigenvalue weighted by molar-refractivity contribution is 7.12. The molecule has 0 saturated heterocycles. The van der Waals surface area contributed by atoms with Crippen LogP contribution in [0.15, 0.2) is 46.9 Å². The summed E-state index contributed by atoms with van der Waals surface area (Å²) in [5, 5.41) is 3.24. The molecule has 1 saturated carbocycles. The van der Waals surface area contributed by atoms with Crippen molar-refractivity contribution >= 4 is 39.9 Å². The van der Waals surface area contributed by atoms with Crippen molar-refractivity contribution in [3.63, 3.8) is 0 Å². The number of nitrogens with one attached hydrogen (secondary N) is 1. The Balaban J connectivity index is 1.46. The number of hydrogen-bond donors (Lipinski definition) is 2. The number of aromatic amines is 1. The molecule has 1 aromatic carbocycles. The monoisotopic (exact) mass is 480 g/mol. The molecule has 0 spiro atoms. The number of amides is 1. The highest BCUT2D eigenvalue weighted by Gasteiger charge is 2.34. The van der Waals surface area contributed by atoms with Crippen LogP contribution in [0.25, 0.3) is 10.9 Å². The van der Waals surface area contributed by atoms with E-state index in [1.165, 1.54) is 10.9 Å². The highest BCUT2D eigenvalue weighted by atomic mass is 32.1. The molecule has 2 aromatic heterocycles. The summed E-state index contributed by atoms with van der Waals surface area (Å²) in [5.41, 5.74) is 8.96. The van der Waals surface area contributed by atoms with Crippen LogP contribution in [0.3, 0.4) is 0 Å². The van der Waals surface area contributed by atoms with E-state index in [-0.39, 0.29) is 18.2 Å². The Hall–Kier alpha value is -2.80. The van der Waals surface area contributed by atoms with Crippen molar-refractivity contribution in [3.05, 3.63) is 52.3 Å². The summed E-state index contributed by atoms with van der Waals surface area (Å²) in [4.78, 5) is 23.8. The molecule has 0 unspecified atom stereocenters. The zero-order valence-corrected chi connectivity index (χ0v) is 21.6. The number of hydrogen-bond acceptors (Lipinski definition) is 4. The van der Waals surface area contributed by atoms with E-state index in [1.807, 2.05) is 49.3 Å². The molecule has 1 aliphatic rings. The maximum Gasteiger partial charge on any atom is 0.410 e. The van der Waals surface area contributed by atoms with Gasteiger partial charge in [-0.3, -0.25) is 0 Å². The second-order valence-corrected chi connectivity index (χ2v) is 11.4. The van der Waals surface area contributed by atoms with Gasteiger partial charge in [0, 0.05) is 29.2 Å². The topological polar surface area (TPSA) is 83.7 Å². The fourth-order valence-corrected chi connectivity index (χ4v) is 5.55. The van der Waals surface area contributed by atoms with Gasteiger partial charge in [0.05, 0.1) is 10.6 Å². The first-order valence-corrected chi connectivity index (χ1v) is 13.0. The van der Waals surface area contributed by atoms with Gasteiger partial charge < -0.3 is 20.4 Å². The highest BCUT2D eigenvalue weighted by Crippen LogP contribution is 2.39. The van der Waals surface area contributed by atoms with Crippen molar-refractivity contribution in [1.82, 2.24) is 9.88 Å². The predicted molar refractivity (Wildman–Crippen MR) is 141 cm³/mol. The Labute approximate surface area is 206 Å². The van der Waals surface area contributed by atoms with E-state index in [2.05, 4.69) is 42.2 Å². The minimum absolute atomic E-state index is 0.116. The van der Waals surface area contributed by atoms with Gasteiger partial charge in [-0.25, -0.2) is 9.79 Å². The van der Waals surface area contributed by atoms with Crippen molar-refractivity contribution in [2.75, 3.05) is 0 Å². The van der Waals surface area contributed by atoms with Crippen LogP contribution in [0.5, 0.6) is 0 Å². The van der Waals surface area contributed by atoms with Gasteiger partial charge in [-0.1, -0.05) is 12.1 Å². The van der Waals surface area contributed by atoms with E-state index in [0.717, 1.165) is 41.8 Å². The molecule has 3 aromatic rings. The Bertz CT molecular complexity index is 1150. The molecule has 0 bridgehead atoms. The largest absolute Gasteiger partial charge is 0.444 e. The summed E-state index contributed by atoms with van der Waals surface area (Å²) in [6.45, 7) is 9.90. The van der Waals surface area contributed by atoms with Gasteiger partial charge in [-0.2, -0.15) is 0 Å². The Morgan fingerprint density at radius 3 is 2.56 bits per heavy atom. The lowest BCUT2D eigenvalue weighted by atomic mass is 9.81. The first kappa shape index (κ1) is 24.3. The standard InChI is InChI=1S/C27H36N4O2S/c1-17(2)31(26(32)33-27(3,4)5)20-11-8-18(9-12-20)22-16-29-23-15-19(10-13-21(22)23)30-25(28)24-7-6-14-34-24/h6-7,10,13-18,20,29H,8-9,11-12H2,1-5H3,(H2,28,30). The van der Waals surface area contributed by atoms with Crippen LogP contribution >= 0.6 is 11.3 Å². The minimum Gasteiger partial charge on any atom is -0.444 e. The zero-order valence-electron chi connectivity index (χ0n) is 20.8. The third-order valence-electron chi connectivity index (χ3n) is 6.41. The fourth-order valence-electron chi connectivity index (χ4n) is 4.92. The van der Waals surface area contributed by atoms with E-state index in [9.17, 15) is 4.79 Å². The molecule has 0 atom stereocenters. The molecule has 0 radical (unpaired) electrons. The van der Waals surface area contributed by atoms with Gasteiger partial charge in [0.2, 0.25) is 0 Å². The summed E-state index contributed by atoms with van der Waals surface area (Å²) < 4.78 is 5.70. The smallest absolute Gasteiger partial charge is 0.410 e. The van der Waals surface area contributed by atoms with Crippen LogP contribution in [-0.2, 0) is 4.74 Å². The molecule has 1 fully saturated rings. The first-order valence-electron chi connectivity index (χ1n) is 12.1. The second kappa shape index (κ2) is 9.82. The third-order valence-corrected chi connectivity index (χ3v) is 7.30. The lowest BCUT2D eigenvalue weighted by Gasteiger charge is -2.39. The Kier molecular flexibility index (Phi) is 7.03. The predicted octanol–water partition coefficient (Wildman–Crippen LogP) is 6.94. The maximum atomic E-state index is 12.8. The number of benzene rings is 1. The number of fused-ring (bicyclic) bond motifs is 1. The molecule has 4 rings (SSSR count). The summed E-state index contributed by atoms with van der Waals surface area (Å²) in [5.74, 6) is 1.02. The maximum absolute atomic E-state index is 12.8. The van der Waals surface area contributed by atoms with Crippen LogP contribution in [0, 0.1) is 0 Å². The van der Waals surface area contributed by atoms with Crippen LogP contribution in [0.2, 0.25) is 0 Å². The summed E-state index contributed by atoms with van der Waals surface area (Å²) >= 11 is 1.59. The van der Waals surface area contributed by atoms with E-state index < -0.39 is 5.60 Å². The molecular weight excluding hydrogens is 444 g/mol. The van der Waals surface area contributed by atoms with Crippen molar-refractivity contribution in [2.24, 2.45) is 10.7 Å². The van der Waals surface area contributed by atoms with Crippen LogP contribution in [-0.4, -0.2) is 39.5 Å². The number of aromatic nitrogens is 1. The number of nitrogens with zero attached hydrogens (tertiary/aromatic N) is 2. The van der Waals surface area contributed by atoms with Gasteiger partial charge in [0.25, 0.3) is 0 Å². The Morgan fingerprint density at radius 1 is 1.21 bits per heavy atom. The molecule has 182 valence electrons. The molecular formula is C27H36N4O2S. The van der Waals surface area contributed by atoms with Gasteiger partial charge in [-0.05, 0) is 95.4 Å². The fraction of sp³-hybridized carbons (Fsp3) is 0.481. The number of amidine groups is 1. The van der Waals surface area contributed by atoms with E-state index in [1.54, 1.807) is 11.3 Å².